The molecule has 0 aliphatic carbocycles. The van der Waals surface area contributed by atoms with Gasteiger partial charge in [-0.25, -0.2) is 8.78 Å². The van der Waals surface area contributed by atoms with Crippen molar-refractivity contribution < 1.29 is 17.9 Å². The maximum absolute atomic E-state index is 14.7. The van der Waals surface area contributed by atoms with Crippen molar-refractivity contribution in [2.45, 2.75) is 37.2 Å². The van der Waals surface area contributed by atoms with E-state index in [0.29, 0.717) is 24.1 Å². The van der Waals surface area contributed by atoms with Crippen LogP contribution in [0.4, 0.5) is 18.9 Å². The summed E-state index contributed by atoms with van der Waals surface area (Å²) in [4.78, 5) is 3.28. The zero-order valence-corrected chi connectivity index (χ0v) is 21.4. The molecule has 0 aromatic heterocycles. The number of nitrogen functional groups attached to an aromatic ring is 1. The van der Waals surface area contributed by atoms with E-state index < -0.39 is 6.67 Å². The molecule has 0 saturated carbocycles. The number of benzene rings is 2. The zero-order valence-electron chi connectivity index (χ0n) is 20.6. The van der Waals surface area contributed by atoms with Gasteiger partial charge in [-0.2, -0.15) is 0 Å². The first-order valence-electron chi connectivity index (χ1n) is 12.4. The normalized spacial score (nSPS) is 19.4. The number of ether oxygens (including phenoxy) is 1. The average Bonchev–Trinajstić information content (AvgIpc) is 3.23. The number of nitrogens with two attached hydrogens (primary N) is 1. The standard InChI is InChI=1S/C29H33F3N2OS/c1-20(32)25(4-2-13-30)26-12-17-36-28-18-22(33)7-10-27(28)29(26)21-5-8-23(9-6-21)35-24-11-16-34(19-24)15-3-14-31/h2,4-10,18,24H,3,11-17,19,33H2,1H3/b4-2-,25-20-. The molecular weight excluding hydrogens is 481 g/mol. The SMILES string of the molecule is C/C(F)=C(\C=C/CF)C1=C(c2ccc(OC3CCN(CCCF)C3)cc2)c2ccc(N)cc2SCC1. The van der Waals surface area contributed by atoms with Gasteiger partial charge in [0, 0.05) is 41.5 Å². The predicted octanol–water partition coefficient (Wildman–Crippen LogP) is 7.15. The molecule has 7 heteroatoms. The van der Waals surface area contributed by atoms with Crippen molar-refractivity contribution in [3.8, 4) is 5.75 Å². The number of hydrogen-bond acceptors (Lipinski definition) is 4. The Hall–Kier alpha value is -2.64. The molecule has 0 amide bonds. The van der Waals surface area contributed by atoms with Gasteiger partial charge in [0.2, 0.25) is 0 Å². The van der Waals surface area contributed by atoms with Crippen LogP contribution in [0, 0.1) is 0 Å². The molecule has 1 saturated heterocycles. The van der Waals surface area contributed by atoms with E-state index in [9.17, 15) is 13.2 Å². The summed E-state index contributed by atoms with van der Waals surface area (Å²) in [6, 6.07) is 13.7. The highest BCUT2D eigenvalue weighted by Crippen LogP contribution is 2.43. The summed E-state index contributed by atoms with van der Waals surface area (Å²) < 4.78 is 46.4. The van der Waals surface area contributed by atoms with Gasteiger partial charge in [0.25, 0.3) is 0 Å². The molecule has 2 aliphatic heterocycles. The summed E-state index contributed by atoms with van der Waals surface area (Å²) in [5.41, 5.74) is 10.9. The Morgan fingerprint density at radius 2 is 2.00 bits per heavy atom. The topological polar surface area (TPSA) is 38.5 Å². The van der Waals surface area contributed by atoms with Gasteiger partial charge in [-0.3, -0.25) is 9.29 Å². The van der Waals surface area contributed by atoms with Gasteiger partial charge >= 0.3 is 0 Å². The van der Waals surface area contributed by atoms with E-state index in [2.05, 4.69) is 4.90 Å². The number of rotatable bonds is 9. The number of likely N-dealkylation sites (tertiary alicyclic amines) is 1. The molecule has 3 nitrogen and oxygen atoms in total. The minimum Gasteiger partial charge on any atom is -0.489 e. The van der Waals surface area contributed by atoms with E-state index in [4.69, 9.17) is 10.5 Å². The van der Waals surface area contributed by atoms with Crippen LogP contribution in [0.15, 0.2) is 76.5 Å². The molecule has 36 heavy (non-hydrogen) atoms. The molecule has 0 bridgehead atoms. The molecule has 1 unspecified atom stereocenters. The van der Waals surface area contributed by atoms with Crippen LogP contribution in [0.5, 0.6) is 5.75 Å². The van der Waals surface area contributed by atoms with Gasteiger partial charge in [-0.1, -0.05) is 30.4 Å². The highest BCUT2D eigenvalue weighted by atomic mass is 32.2. The van der Waals surface area contributed by atoms with E-state index in [1.807, 2.05) is 42.5 Å². The van der Waals surface area contributed by atoms with E-state index in [1.54, 1.807) is 17.8 Å². The summed E-state index contributed by atoms with van der Waals surface area (Å²) in [6.07, 6.45) is 5.08. The molecule has 2 aromatic carbocycles. The molecule has 2 heterocycles. The third-order valence-electron chi connectivity index (χ3n) is 6.54. The van der Waals surface area contributed by atoms with Gasteiger partial charge in [-0.15, -0.1) is 11.8 Å². The Bertz CT molecular complexity index is 1140. The third kappa shape index (κ3) is 6.37. The summed E-state index contributed by atoms with van der Waals surface area (Å²) >= 11 is 1.69. The van der Waals surface area contributed by atoms with Gasteiger partial charge in [0.05, 0.1) is 6.67 Å². The lowest BCUT2D eigenvalue weighted by molar-refractivity contribution is 0.198. The van der Waals surface area contributed by atoms with Crippen molar-refractivity contribution >= 4 is 23.0 Å². The quantitative estimate of drug-likeness (QED) is 0.285. The highest BCUT2D eigenvalue weighted by Gasteiger charge is 2.25. The number of halogens is 3. The first-order chi connectivity index (χ1) is 17.5. The van der Waals surface area contributed by atoms with E-state index in [-0.39, 0.29) is 18.6 Å². The summed E-state index contributed by atoms with van der Waals surface area (Å²) in [6.45, 7) is 2.95. The van der Waals surface area contributed by atoms with Gasteiger partial charge < -0.3 is 10.5 Å². The maximum atomic E-state index is 14.7. The first-order valence-corrected chi connectivity index (χ1v) is 13.4. The molecule has 2 N–H and O–H groups in total. The molecule has 192 valence electrons. The van der Waals surface area contributed by atoms with Gasteiger partial charge in [0.15, 0.2) is 0 Å². The molecule has 1 atom stereocenters. The van der Waals surface area contributed by atoms with Crippen LogP contribution in [0.1, 0.15) is 37.3 Å². The van der Waals surface area contributed by atoms with Crippen molar-refractivity contribution in [3.05, 3.63) is 82.7 Å². The Balaban J connectivity index is 1.68. The van der Waals surface area contributed by atoms with Crippen molar-refractivity contribution in [1.82, 2.24) is 4.90 Å². The lowest BCUT2D eigenvalue weighted by Crippen LogP contribution is -2.26. The van der Waals surface area contributed by atoms with E-state index in [0.717, 1.165) is 64.7 Å². The number of hydrogen-bond donors (Lipinski definition) is 1. The minimum absolute atomic E-state index is 0.0813. The largest absolute Gasteiger partial charge is 0.489 e. The first kappa shape index (κ1) is 26.4. The number of nitrogens with zero attached hydrogens (tertiary/aromatic N) is 1. The van der Waals surface area contributed by atoms with Gasteiger partial charge in [0.1, 0.15) is 24.4 Å². The fourth-order valence-electron chi connectivity index (χ4n) is 4.87. The predicted molar refractivity (Wildman–Crippen MR) is 144 cm³/mol. The smallest absolute Gasteiger partial charge is 0.119 e. The van der Waals surface area contributed by atoms with E-state index >= 15 is 0 Å². The van der Waals surface area contributed by atoms with Crippen molar-refractivity contribution in [2.24, 2.45) is 0 Å². The van der Waals surface area contributed by atoms with Crippen molar-refractivity contribution in [1.29, 1.82) is 0 Å². The van der Waals surface area contributed by atoms with Crippen LogP contribution in [0.2, 0.25) is 0 Å². The Morgan fingerprint density at radius 3 is 2.72 bits per heavy atom. The molecular formula is C29H33F3N2OS. The van der Waals surface area contributed by atoms with Gasteiger partial charge in [-0.05, 0) is 72.7 Å². The van der Waals surface area contributed by atoms with Crippen molar-refractivity contribution in [2.75, 3.05) is 44.5 Å². The monoisotopic (exact) mass is 514 g/mol. The molecule has 0 spiro atoms. The summed E-state index contributed by atoms with van der Waals surface area (Å²) in [7, 11) is 0. The maximum Gasteiger partial charge on any atom is 0.119 e. The fraction of sp³-hybridized carbons (Fsp3) is 0.379. The molecule has 4 rings (SSSR count). The molecule has 2 aliphatic rings. The number of fused-ring (bicyclic) bond motifs is 1. The number of alkyl halides is 2. The lowest BCUT2D eigenvalue weighted by Gasteiger charge is -2.19. The number of allylic oxidation sites excluding steroid dienone is 5. The fourth-order valence-corrected chi connectivity index (χ4v) is 5.94. The molecule has 1 fully saturated rings. The second kappa shape index (κ2) is 12.5. The molecule has 0 radical (unpaired) electrons. The molecule has 2 aromatic rings. The van der Waals surface area contributed by atoms with Crippen LogP contribution < -0.4 is 10.5 Å². The second-order valence-electron chi connectivity index (χ2n) is 9.11. The van der Waals surface area contributed by atoms with Crippen LogP contribution in [-0.2, 0) is 0 Å². The second-order valence-corrected chi connectivity index (χ2v) is 10.2. The highest BCUT2D eigenvalue weighted by molar-refractivity contribution is 7.99. The van der Waals surface area contributed by atoms with Crippen molar-refractivity contribution in [3.63, 3.8) is 0 Å². The Labute approximate surface area is 215 Å². The zero-order chi connectivity index (χ0) is 25.5. The summed E-state index contributed by atoms with van der Waals surface area (Å²) in [5, 5.41) is 0. The Kier molecular flexibility index (Phi) is 9.21. The Morgan fingerprint density at radius 1 is 1.19 bits per heavy atom. The van der Waals surface area contributed by atoms with Crippen LogP contribution in [-0.4, -0.2) is 49.7 Å². The number of thioether (sulfide) groups is 1. The number of anilines is 1. The van der Waals surface area contributed by atoms with Crippen LogP contribution in [0.3, 0.4) is 0 Å². The van der Waals surface area contributed by atoms with Crippen LogP contribution in [0.25, 0.3) is 5.57 Å². The third-order valence-corrected chi connectivity index (χ3v) is 7.60. The lowest BCUT2D eigenvalue weighted by atomic mass is 9.87. The van der Waals surface area contributed by atoms with Crippen LogP contribution >= 0.6 is 11.8 Å². The minimum atomic E-state index is -0.653. The summed E-state index contributed by atoms with van der Waals surface area (Å²) in [5.74, 6) is 1.19. The average molecular weight is 515 g/mol. The van der Waals surface area contributed by atoms with E-state index in [1.165, 1.54) is 13.0 Å².